The van der Waals surface area contributed by atoms with E-state index >= 15 is 0 Å². The molecular weight excluding hydrogens is 482 g/mol. The number of anilines is 1. The molecule has 2 amide bonds. The number of nitrogens with zero attached hydrogens (tertiary/aromatic N) is 1. The van der Waals surface area contributed by atoms with Gasteiger partial charge in [0.25, 0.3) is 5.91 Å². The number of nitrogens with one attached hydrogen (secondary N) is 2. The van der Waals surface area contributed by atoms with Crippen LogP contribution in [0, 0.1) is 5.41 Å². The van der Waals surface area contributed by atoms with Crippen molar-refractivity contribution >= 4 is 23.7 Å². The lowest BCUT2D eigenvalue weighted by Crippen LogP contribution is -2.55. The van der Waals surface area contributed by atoms with E-state index in [0.717, 1.165) is 18.3 Å². The number of amides is 2. The summed E-state index contributed by atoms with van der Waals surface area (Å²) in [5.74, 6) is -4.07. The summed E-state index contributed by atoms with van der Waals surface area (Å²) in [4.78, 5) is 26.7. The molecular formula is C22H18F6N4O3. The molecule has 0 unspecified atom stereocenters. The fourth-order valence-electron chi connectivity index (χ4n) is 3.84. The molecule has 13 heteroatoms. The summed E-state index contributed by atoms with van der Waals surface area (Å²) >= 11 is 0. The summed E-state index contributed by atoms with van der Waals surface area (Å²) in [6.07, 6.45) is -8.38. The van der Waals surface area contributed by atoms with Crippen molar-refractivity contribution in [3.8, 4) is 5.75 Å². The molecule has 0 saturated heterocycles. The molecule has 3 rings (SSSR count). The van der Waals surface area contributed by atoms with Crippen LogP contribution >= 0.6 is 0 Å². The normalized spacial score (nSPS) is 18.6. The van der Waals surface area contributed by atoms with Crippen molar-refractivity contribution < 1.29 is 40.7 Å². The highest BCUT2D eigenvalue weighted by molar-refractivity contribution is 6.06. The Bertz CT molecular complexity index is 1160. The number of carbonyl (C=O) groups is 2. The van der Waals surface area contributed by atoms with Crippen LogP contribution in [0.25, 0.3) is 0 Å². The first-order valence-corrected chi connectivity index (χ1v) is 9.90. The Morgan fingerprint density at radius 1 is 1.11 bits per heavy atom. The number of rotatable bonds is 6. The third-order valence-corrected chi connectivity index (χ3v) is 5.11. The minimum Gasteiger partial charge on any atom is -0.406 e. The highest BCUT2D eigenvalue weighted by Gasteiger charge is 2.48. The van der Waals surface area contributed by atoms with E-state index in [1.54, 1.807) is 0 Å². The second kappa shape index (κ2) is 9.68. The molecule has 1 heterocycles. The molecule has 2 aromatic carbocycles. The van der Waals surface area contributed by atoms with Gasteiger partial charge in [-0.15, -0.1) is 13.2 Å². The maximum absolute atomic E-state index is 13.4. The van der Waals surface area contributed by atoms with Crippen molar-refractivity contribution in [2.24, 2.45) is 5.73 Å². The summed E-state index contributed by atoms with van der Waals surface area (Å²) < 4.78 is 81.6. The molecule has 0 aliphatic carbocycles. The third-order valence-electron chi connectivity index (χ3n) is 5.11. The molecule has 35 heavy (non-hydrogen) atoms. The smallest absolute Gasteiger partial charge is 0.406 e. The van der Waals surface area contributed by atoms with Crippen LogP contribution in [0.15, 0.2) is 60.3 Å². The molecule has 7 nitrogen and oxygen atoms in total. The van der Waals surface area contributed by atoms with Crippen molar-refractivity contribution in [3.63, 3.8) is 0 Å². The lowest BCUT2D eigenvalue weighted by Gasteiger charge is -2.42. The fraction of sp³-hybridized carbons (Fsp3) is 0.227. The van der Waals surface area contributed by atoms with Gasteiger partial charge < -0.3 is 26.1 Å². The van der Waals surface area contributed by atoms with E-state index in [1.165, 1.54) is 36.4 Å². The van der Waals surface area contributed by atoms with Crippen molar-refractivity contribution in [1.29, 1.82) is 5.41 Å². The number of hydrogen-bond acceptors (Lipinski definition) is 5. The lowest BCUT2D eigenvalue weighted by atomic mass is 9.79. The number of benzene rings is 2. The molecule has 186 valence electrons. The zero-order valence-electron chi connectivity index (χ0n) is 17.7. The topological polar surface area (TPSA) is 109 Å². The number of hydrogen-bond donors (Lipinski definition) is 3. The Balaban J connectivity index is 2.08. The maximum Gasteiger partial charge on any atom is 0.573 e. The standard InChI is InChI=1S/C22H18F6N4O3/c23-21(24,25)11-32-18(12(9-29)10-30)17(15-6-1-2-7-16(15)20(32)34)19(33)31-13-4-3-5-14(8-13)35-22(26,27)28/h1-10,17-18,29H,11,30H2,(H,31,33)/b12-10+,29-9?/t17-,18+/m1/s1. The van der Waals surface area contributed by atoms with Crippen LogP contribution in [-0.2, 0) is 4.79 Å². The molecule has 1 aliphatic heterocycles. The van der Waals surface area contributed by atoms with Crippen LogP contribution in [0.2, 0.25) is 0 Å². The first-order valence-electron chi connectivity index (χ1n) is 9.90. The second-order valence-electron chi connectivity index (χ2n) is 7.43. The predicted molar refractivity (Wildman–Crippen MR) is 113 cm³/mol. The number of alkyl halides is 6. The van der Waals surface area contributed by atoms with Gasteiger partial charge in [0.05, 0.1) is 12.0 Å². The van der Waals surface area contributed by atoms with Gasteiger partial charge in [0.15, 0.2) is 0 Å². The maximum atomic E-state index is 13.4. The van der Waals surface area contributed by atoms with Gasteiger partial charge in [-0.2, -0.15) is 13.2 Å². The molecule has 2 aromatic rings. The van der Waals surface area contributed by atoms with Crippen molar-refractivity contribution in [2.75, 3.05) is 11.9 Å². The SMILES string of the molecule is N=C/C(=C\N)[C@H]1[C@H](C(=O)Nc2cccc(OC(F)(F)F)c2)c2ccccc2C(=O)N1CC(F)(F)F. The van der Waals surface area contributed by atoms with Gasteiger partial charge in [-0.05, 0) is 23.8 Å². The van der Waals surface area contributed by atoms with Crippen LogP contribution < -0.4 is 15.8 Å². The second-order valence-corrected chi connectivity index (χ2v) is 7.43. The zero-order valence-corrected chi connectivity index (χ0v) is 17.7. The first kappa shape index (κ1) is 25.6. The van der Waals surface area contributed by atoms with Gasteiger partial charge >= 0.3 is 12.5 Å². The van der Waals surface area contributed by atoms with Crippen LogP contribution in [-0.4, -0.2) is 48.1 Å². The Hall–Kier alpha value is -4.03. The summed E-state index contributed by atoms with van der Waals surface area (Å²) in [7, 11) is 0. The summed E-state index contributed by atoms with van der Waals surface area (Å²) in [6, 6.07) is 8.19. The van der Waals surface area contributed by atoms with Crippen molar-refractivity contribution in [3.05, 3.63) is 71.4 Å². The fourth-order valence-corrected chi connectivity index (χ4v) is 3.84. The molecule has 0 aromatic heterocycles. The van der Waals surface area contributed by atoms with E-state index in [0.29, 0.717) is 11.1 Å². The van der Waals surface area contributed by atoms with Gasteiger partial charge in [0, 0.05) is 35.3 Å². The zero-order chi connectivity index (χ0) is 26.0. The quantitative estimate of drug-likeness (QED) is 0.408. The van der Waals surface area contributed by atoms with Gasteiger partial charge in [0.2, 0.25) is 5.91 Å². The molecule has 0 fully saturated rings. The molecule has 2 atom stereocenters. The van der Waals surface area contributed by atoms with Crippen molar-refractivity contribution in [1.82, 2.24) is 4.90 Å². The van der Waals surface area contributed by atoms with E-state index in [4.69, 9.17) is 11.1 Å². The largest absolute Gasteiger partial charge is 0.573 e. The van der Waals surface area contributed by atoms with Crippen molar-refractivity contribution in [2.45, 2.75) is 24.5 Å². The van der Waals surface area contributed by atoms with Gasteiger partial charge in [0.1, 0.15) is 12.3 Å². The van der Waals surface area contributed by atoms with Gasteiger partial charge in [-0.3, -0.25) is 9.59 Å². The van der Waals surface area contributed by atoms with E-state index in [9.17, 15) is 35.9 Å². The molecule has 4 N–H and O–H groups in total. The van der Waals surface area contributed by atoms with E-state index in [2.05, 4.69) is 10.1 Å². The molecule has 0 bridgehead atoms. The number of nitrogens with two attached hydrogens (primary N) is 1. The Morgan fingerprint density at radius 2 is 1.80 bits per heavy atom. The summed E-state index contributed by atoms with van der Waals surface area (Å²) in [5.41, 5.74) is 5.04. The molecule has 0 radical (unpaired) electrons. The molecule has 0 spiro atoms. The number of fused-ring (bicyclic) bond motifs is 1. The average molecular weight is 500 g/mol. The number of halogens is 6. The minimum absolute atomic E-state index is 0.0716. The Kier molecular flexibility index (Phi) is 7.08. The van der Waals surface area contributed by atoms with Crippen LogP contribution in [0.3, 0.4) is 0 Å². The van der Waals surface area contributed by atoms with Crippen LogP contribution in [0.4, 0.5) is 32.0 Å². The van der Waals surface area contributed by atoms with Gasteiger partial charge in [-0.1, -0.05) is 24.3 Å². The predicted octanol–water partition coefficient (Wildman–Crippen LogP) is 4.19. The molecule has 1 aliphatic rings. The average Bonchev–Trinajstić information content (AvgIpc) is 2.75. The highest BCUT2D eigenvalue weighted by Crippen LogP contribution is 2.39. The van der Waals surface area contributed by atoms with Gasteiger partial charge in [-0.25, -0.2) is 0 Å². The van der Waals surface area contributed by atoms with Crippen LogP contribution in [0.5, 0.6) is 5.75 Å². The van der Waals surface area contributed by atoms with E-state index < -0.39 is 48.6 Å². The minimum atomic E-state index is -4.99. The monoisotopic (exact) mass is 500 g/mol. The van der Waals surface area contributed by atoms with Crippen LogP contribution in [0.1, 0.15) is 21.8 Å². The van der Waals surface area contributed by atoms with E-state index in [-0.39, 0.29) is 22.4 Å². The first-order chi connectivity index (χ1) is 16.3. The lowest BCUT2D eigenvalue weighted by molar-refractivity contribution is -0.274. The Morgan fingerprint density at radius 3 is 2.40 bits per heavy atom. The van der Waals surface area contributed by atoms with E-state index in [1.807, 2.05) is 0 Å². The third kappa shape index (κ3) is 5.91. The number of ether oxygens (including phenoxy) is 1. The highest BCUT2D eigenvalue weighted by atomic mass is 19.4. The molecule has 0 saturated carbocycles. The number of carbonyl (C=O) groups excluding carboxylic acids is 2. The Labute approximate surface area is 194 Å². The summed E-state index contributed by atoms with van der Waals surface area (Å²) in [6.45, 7) is -1.73. The summed E-state index contributed by atoms with van der Waals surface area (Å²) in [5, 5.41) is 9.94.